The highest BCUT2D eigenvalue weighted by Crippen LogP contribution is 2.51. The maximum atomic E-state index is 3.58. The number of rotatable bonds is 5. The lowest BCUT2D eigenvalue weighted by Gasteiger charge is -2.19. The van der Waals surface area contributed by atoms with Crippen LogP contribution in [-0.2, 0) is 6.54 Å². The highest BCUT2D eigenvalue weighted by Gasteiger charge is 2.44. The molecule has 1 aromatic heterocycles. The van der Waals surface area contributed by atoms with E-state index in [-0.39, 0.29) is 0 Å². The van der Waals surface area contributed by atoms with Gasteiger partial charge in [0.1, 0.15) is 0 Å². The summed E-state index contributed by atoms with van der Waals surface area (Å²) in [6.45, 7) is 6.94. The van der Waals surface area contributed by atoms with Crippen LogP contribution < -0.4 is 5.32 Å². The fourth-order valence-corrected chi connectivity index (χ4v) is 2.64. The van der Waals surface area contributed by atoms with E-state index in [0.717, 1.165) is 12.5 Å². The van der Waals surface area contributed by atoms with Crippen LogP contribution in [0.4, 0.5) is 0 Å². The summed E-state index contributed by atoms with van der Waals surface area (Å²) in [5.41, 5.74) is 0.636. The van der Waals surface area contributed by atoms with Crippen LogP contribution in [0, 0.1) is 11.3 Å². The Labute approximate surface area is 90.5 Å². The first kappa shape index (κ1) is 10.2. The molecule has 0 unspecified atom stereocenters. The normalized spacial score (nSPS) is 18.8. The fourth-order valence-electron chi connectivity index (χ4n) is 1.97. The monoisotopic (exact) mass is 209 g/mol. The molecule has 2 heteroatoms. The predicted octanol–water partition coefficient (Wildman–Crippen LogP) is 3.27. The summed E-state index contributed by atoms with van der Waals surface area (Å²) < 4.78 is 0. The average molecular weight is 209 g/mol. The van der Waals surface area contributed by atoms with Crippen molar-refractivity contribution in [3.63, 3.8) is 0 Å². The Morgan fingerprint density at radius 3 is 2.79 bits per heavy atom. The average Bonchev–Trinajstić information content (AvgIpc) is 2.76. The molecular weight excluding hydrogens is 190 g/mol. The van der Waals surface area contributed by atoms with E-state index in [1.165, 1.54) is 24.3 Å². The smallest absolute Gasteiger partial charge is 0.0299 e. The van der Waals surface area contributed by atoms with Gasteiger partial charge in [0.05, 0.1) is 0 Å². The first-order valence-electron chi connectivity index (χ1n) is 5.46. The third-order valence-electron chi connectivity index (χ3n) is 3.47. The molecule has 0 radical (unpaired) electrons. The molecule has 0 saturated heterocycles. The molecule has 1 heterocycles. The second-order valence-electron chi connectivity index (χ2n) is 4.70. The lowest BCUT2D eigenvalue weighted by atomic mass is 9.92. The lowest BCUT2D eigenvalue weighted by molar-refractivity contribution is 0.338. The number of nitrogens with one attached hydrogen (secondary N) is 1. The molecule has 0 bridgehead atoms. The van der Waals surface area contributed by atoms with Gasteiger partial charge in [0.2, 0.25) is 0 Å². The minimum atomic E-state index is 0.636. The number of thiophene rings is 1. The summed E-state index contributed by atoms with van der Waals surface area (Å²) in [6, 6.07) is 4.32. The van der Waals surface area contributed by atoms with Crippen LogP contribution >= 0.6 is 11.3 Å². The summed E-state index contributed by atoms with van der Waals surface area (Å²) in [4.78, 5) is 1.45. The Hall–Kier alpha value is -0.340. The van der Waals surface area contributed by atoms with Crippen molar-refractivity contribution in [2.45, 2.75) is 33.2 Å². The topological polar surface area (TPSA) is 12.0 Å². The molecule has 0 aromatic carbocycles. The summed E-state index contributed by atoms with van der Waals surface area (Å²) >= 11 is 1.84. The molecule has 78 valence electrons. The van der Waals surface area contributed by atoms with Crippen LogP contribution in [0.15, 0.2) is 17.5 Å². The number of hydrogen-bond donors (Lipinski definition) is 1. The van der Waals surface area contributed by atoms with E-state index in [4.69, 9.17) is 0 Å². The quantitative estimate of drug-likeness (QED) is 0.785. The zero-order valence-corrected chi connectivity index (χ0v) is 9.86. The van der Waals surface area contributed by atoms with Crippen LogP contribution in [0.1, 0.15) is 31.6 Å². The number of hydrogen-bond acceptors (Lipinski definition) is 2. The zero-order chi connectivity index (χ0) is 10.0. The lowest BCUT2D eigenvalue weighted by Crippen LogP contribution is -2.26. The van der Waals surface area contributed by atoms with Crippen LogP contribution in [0.5, 0.6) is 0 Å². The molecule has 14 heavy (non-hydrogen) atoms. The van der Waals surface area contributed by atoms with E-state index in [2.05, 4.69) is 36.7 Å². The molecule has 1 aliphatic rings. The highest BCUT2D eigenvalue weighted by molar-refractivity contribution is 7.09. The van der Waals surface area contributed by atoms with Gasteiger partial charge in [0.25, 0.3) is 0 Å². The van der Waals surface area contributed by atoms with Crippen molar-refractivity contribution in [2.24, 2.45) is 11.3 Å². The second-order valence-corrected chi connectivity index (χ2v) is 5.73. The van der Waals surface area contributed by atoms with Gasteiger partial charge < -0.3 is 5.32 Å². The van der Waals surface area contributed by atoms with Crippen molar-refractivity contribution in [1.29, 1.82) is 0 Å². The van der Waals surface area contributed by atoms with Crippen molar-refractivity contribution in [3.05, 3.63) is 22.4 Å². The van der Waals surface area contributed by atoms with Gasteiger partial charge in [-0.15, -0.1) is 11.3 Å². The van der Waals surface area contributed by atoms with Gasteiger partial charge in [-0.05, 0) is 35.6 Å². The molecule has 1 saturated carbocycles. The molecule has 0 aliphatic heterocycles. The molecule has 1 N–H and O–H groups in total. The van der Waals surface area contributed by atoms with Crippen LogP contribution in [0.25, 0.3) is 0 Å². The van der Waals surface area contributed by atoms with Gasteiger partial charge in [0.15, 0.2) is 0 Å². The van der Waals surface area contributed by atoms with Gasteiger partial charge in [-0.1, -0.05) is 19.9 Å². The SMILES string of the molecule is CC(C)C1(CNCc2cccs2)CC1. The Morgan fingerprint density at radius 2 is 2.29 bits per heavy atom. The summed E-state index contributed by atoms with van der Waals surface area (Å²) in [5, 5.41) is 5.73. The molecule has 1 nitrogen and oxygen atoms in total. The molecule has 0 spiro atoms. The van der Waals surface area contributed by atoms with Gasteiger partial charge in [-0.25, -0.2) is 0 Å². The Kier molecular flexibility index (Phi) is 2.93. The van der Waals surface area contributed by atoms with Crippen molar-refractivity contribution < 1.29 is 0 Å². The van der Waals surface area contributed by atoms with Crippen LogP contribution in [0.3, 0.4) is 0 Å². The Balaban J connectivity index is 1.73. The van der Waals surface area contributed by atoms with E-state index < -0.39 is 0 Å². The van der Waals surface area contributed by atoms with E-state index in [1.54, 1.807) is 0 Å². The van der Waals surface area contributed by atoms with Crippen molar-refractivity contribution >= 4 is 11.3 Å². The third-order valence-corrected chi connectivity index (χ3v) is 4.35. The summed E-state index contributed by atoms with van der Waals surface area (Å²) in [6.07, 6.45) is 2.84. The summed E-state index contributed by atoms with van der Waals surface area (Å²) in [7, 11) is 0. The van der Waals surface area contributed by atoms with Gasteiger partial charge in [-0.2, -0.15) is 0 Å². The third kappa shape index (κ3) is 2.18. The Bertz CT molecular complexity index is 273. The van der Waals surface area contributed by atoms with Gasteiger partial charge >= 0.3 is 0 Å². The van der Waals surface area contributed by atoms with E-state index in [1.807, 2.05) is 11.3 Å². The van der Waals surface area contributed by atoms with E-state index in [0.29, 0.717) is 5.41 Å². The minimum Gasteiger partial charge on any atom is -0.311 e. The largest absolute Gasteiger partial charge is 0.311 e. The first-order valence-corrected chi connectivity index (χ1v) is 6.34. The van der Waals surface area contributed by atoms with Crippen LogP contribution in [0.2, 0.25) is 0 Å². The molecule has 1 aromatic rings. The van der Waals surface area contributed by atoms with Gasteiger partial charge in [0, 0.05) is 18.0 Å². The predicted molar refractivity (Wildman–Crippen MR) is 62.5 cm³/mol. The molecule has 1 fully saturated rings. The van der Waals surface area contributed by atoms with Gasteiger partial charge in [-0.3, -0.25) is 0 Å². The first-order chi connectivity index (χ1) is 6.73. The summed E-state index contributed by atoms with van der Waals surface area (Å²) in [5.74, 6) is 0.832. The molecule has 0 amide bonds. The maximum absolute atomic E-state index is 3.58. The molecule has 2 rings (SSSR count). The molecule has 0 atom stereocenters. The molecular formula is C12H19NS. The zero-order valence-electron chi connectivity index (χ0n) is 9.05. The molecule has 1 aliphatic carbocycles. The van der Waals surface area contributed by atoms with Crippen molar-refractivity contribution in [2.75, 3.05) is 6.54 Å². The van der Waals surface area contributed by atoms with Crippen molar-refractivity contribution in [3.8, 4) is 0 Å². The van der Waals surface area contributed by atoms with E-state index >= 15 is 0 Å². The maximum Gasteiger partial charge on any atom is 0.0299 e. The highest BCUT2D eigenvalue weighted by atomic mass is 32.1. The second kappa shape index (κ2) is 4.03. The standard InChI is InChI=1S/C12H19NS/c1-10(2)12(5-6-12)9-13-8-11-4-3-7-14-11/h3-4,7,10,13H,5-6,8-9H2,1-2H3. The van der Waals surface area contributed by atoms with E-state index in [9.17, 15) is 0 Å². The van der Waals surface area contributed by atoms with Crippen LogP contribution in [-0.4, -0.2) is 6.54 Å². The minimum absolute atomic E-state index is 0.636. The van der Waals surface area contributed by atoms with Crippen molar-refractivity contribution in [1.82, 2.24) is 5.32 Å². The fraction of sp³-hybridized carbons (Fsp3) is 0.667. The Morgan fingerprint density at radius 1 is 1.50 bits per heavy atom.